The highest BCUT2D eigenvalue weighted by Gasteiger charge is 2.19. The Bertz CT molecular complexity index is 1500. The van der Waals surface area contributed by atoms with Crippen molar-refractivity contribution in [2.24, 2.45) is 0 Å². The van der Waals surface area contributed by atoms with Crippen LogP contribution < -0.4 is 19.5 Å². The number of amides is 1. The number of ether oxygens (including phenoxy) is 3. The van der Waals surface area contributed by atoms with Crippen LogP contribution in [0.1, 0.15) is 11.1 Å². The van der Waals surface area contributed by atoms with Crippen molar-refractivity contribution in [1.29, 1.82) is 5.26 Å². The van der Waals surface area contributed by atoms with Gasteiger partial charge in [-0.15, -0.1) is 0 Å². The summed E-state index contributed by atoms with van der Waals surface area (Å²) in [6, 6.07) is 24.9. The normalized spacial score (nSPS) is 10.4. The van der Waals surface area contributed by atoms with E-state index in [4.69, 9.17) is 19.2 Å². The molecule has 7 nitrogen and oxygen atoms in total. The summed E-state index contributed by atoms with van der Waals surface area (Å²) >= 11 is 1.20. The predicted octanol–water partition coefficient (Wildman–Crippen LogP) is 6.35. The molecule has 0 fully saturated rings. The summed E-state index contributed by atoms with van der Waals surface area (Å²) in [4.78, 5) is 17.7. The van der Waals surface area contributed by atoms with Crippen LogP contribution in [0, 0.1) is 18.3 Å². The Morgan fingerprint density at radius 3 is 2.34 bits per heavy atom. The topological polar surface area (TPSA) is 93.5 Å². The molecule has 1 aromatic heterocycles. The minimum Gasteiger partial charge on any atom is -0.497 e. The minimum atomic E-state index is -0.271. The Kier molecular flexibility index (Phi) is 8.51. The summed E-state index contributed by atoms with van der Waals surface area (Å²) in [6.45, 7) is 2.02. The number of carbonyl (C=O) groups excluding carboxylic acids is 1. The van der Waals surface area contributed by atoms with Crippen LogP contribution in [0.25, 0.3) is 22.4 Å². The Balaban J connectivity index is 1.71. The monoisotopic (exact) mass is 525 g/mol. The highest BCUT2D eigenvalue weighted by atomic mass is 32.2. The van der Waals surface area contributed by atoms with Crippen LogP contribution in [0.5, 0.6) is 17.2 Å². The van der Waals surface area contributed by atoms with Crippen LogP contribution in [0.4, 0.5) is 5.69 Å². The number of carbonyl (C=O) groups is 1. The van der Waals surface area contributed by atoms with Crippen LogP contribution in [-0.2, 0) is 4.79 Å². The molecule has 4 rings (SSSR count). The number of nitriles is 1. The fourth-order valence-electron chi connectivity index (χ4n) is 3.92. The summed E-state index contributed by atoms with van der Waals surface area (Å²) < 4.78 is 16.2. The molecule has 38 heavy (non-hydrogen) atoms. The van der Waals surface area contributed by atoms with Crippen molar-refractivity contribution >= 4 is 23.4 Å². The van der Waals surface area contributed by atoms with Gasteiger partial charge in [-0.25, -0.2) is 4.98 Å². The van der Waals surface area contributed by atoms with Crippen molar-refractivity contribution in [3.63, 3.8) is 0 Å². The first-order chi connectivity index (χ1) is 18.5. The van der Waals surface area contributed by atoms with Gasteiger partial charge in [-0.1, -0.05) is 59.8 Å². The summed E-state index contributed by atoms with van der Waals surface area (Å²) in [6.07, 6.45) is 0. The molecule has 0 aliphatic rings. The van der Waals surface area contributed by atoms with Gasteiger partial charge in [-0.05, 0) is 31.2 Å². The maximum absolute atomic E-state index is 12.9. The number of hydrogen-bond acceptors (Lipinski definition) is 7. The molecule has 0 saturated carbocycles. The predicted molar refractivity (Wildman–Crippen MR) is 150 cm³/mol. The van der Waals surface area contributed by atoms with E-state index in [1.54, 1.807) is 32.4 Å². The van der Waals surface area contributed by atoms with Crippen LogP contribution in [0.2, 0.25) is 0 Å². The molecule has 0 spiro atoms. The Morgan fingerprint density at radius 1 is 0.921 bits per heavy atom. The molecule has 1 N–H and O–H groups in total. The number of rotatable bonds is 9. The van der Waals surface area contributed by atoms with Crippen LogP contribution >= 0.6 is 11.8 Å². The number of anilines is 1. The minimum absolute atomic E-state index is 0.0325. The van der Waals surface area contributed by atoms with Crippen molar-refractivity contribution in [2.45, 2.75) is 11.9 Å². The quantitative estimate of drug-likeness (QED) is 0.254. The van der Waals surface area contributed by atoms with Gasteiger partial charge in [0.05, 0.1) is 44.0 Å². The second kappa shape index (κ2) is 12.2. The average Bonchev–Trinajstić information content (AvgIpc) is 2.95. The van der Waals surface area contributed by atoms with Gasteiger partial charge in [0.1, 0.15) is 28.3 Å². The molecule has 3 aromatic carbocycles. The molecule has 0 aliphatic heterocycles. The van der Waals surface area contributed by atoms with E-state index in [0.29, 0.717) is 44.8 Å². The smallest absolute Gasteiger partial charge is 0.234 e. The summed E-state index contributed by atoms with van der Waals surface area (Å²) in [5.74, 6) is 1.51. The molecule has 0 bridgehead atoms. The number of nitrogens with one attached hydrogen (secondary N) is 1. The zero-order valence-electron chi connectivity index (χ0n) is 21.6. The summed E-state index contributed by atoms with van der Waals surface area (Å²) in [5.41, 5.74) is 5.07. The molecule has 0 saturated heterocycles. The second-order valence-corrected chi connectivity index (χ2v) is 9.28. The lowest BCUT2D eigenvalue weighted by Crippen LogP contribution is -2.15. The maximum Gasteiger partial charge on any atom is 0.234 e. The molecule has 0 unspecified atom stereocenters. The van der Waals surface area contributed by atoms with Crippen molar-refractivity contribution in [3.8, 4) is 45.7 Å². The van der Waals surface area contributed by atoms with Gasteiger partial charge in [0.15, 0.2) is 0 Å². The van der Waals surface area contributed by atoms with Crippen LogP contribution in [0.3, 0.4) is 0 Å². The third kappa shape index (κ3) is 5.90. The van der Waals surface area contributed by atoms with Crippen molar-refractivity contribution in [3.05, 3.63) is 83.9 Å². The Hall–Kier alpha value is -4.48. The zero-order chi connectivity index (χ0) is 27.1. The summed E-state index contributed by atoms with van der Waals surface area (Å²) in [7, 11) is 4.68. The molecular weight excluding hydrogens is 498 g/mol. The second-order valence-electron chi connectivity index (χ2n) is 8.32. The first-order valence-electron chi connectivity index (χ1n) is 11.8. The van der Waals surface area contributed by atoms with E-state index in [1.807, 2.05) is 61.5 Å². The fourth-order valence-corrected chi connectivity index (χ4v) is 4.72. The number of methoxy groups -OCH3 is 3. The molecule has 8 heteroatoms. The molecule has 1 heterocycles. The lowest BCUT2D eigenvalue weighted by Gasteiger charge is -2.15. The summed E-state index contributed by atoms with van der Waals surface area (Å²) in [5, 5.41) is 13.5. The zero-order valence-corrected chi connectivity index (χ0v) is 22.4. The van der Waals surface area contributed by atoms with Gasteiger partial charge in [-0.2, -0.15) is 5.26 Å². The molecule has 0 atom stereocenters. The first kappa shape index (κ1) is 26.6. The van der Waals surface area contributed by atoms with Crippen molar-refractivity contribution in [1.82, 2.24) is 4.98 Å². The van der Waals surface area contributed by atoms with Gasteiger partial charge in [0, 0.05) is 22.8 Å². The lowest BCUT2D eigenvalue weighted by molar-refractivity contribution is -0.113. The standard InChI is InChI=1S/C30H27N3O4S/c1-19-9-11-20(12-10-19)25-16-23(22-7-5-6-8-27(22)36-3)24(17-31)30(33-25)38-18-29(34)32-26-15-21(35-2)13-14-28(26)37-4/h5-16H,18H2,1-4H3,(H,32,34). The van der Waals surface area contributed by atoms with E-state index < -0.39 is 0 Å². The van der Waals surface area contributed by atoms with Gasteiger partial charge in [-0.3, -0.25) is 4.79 Å². The number of pyridine rings is 1. The molecule has 4 aromatic rings. The van der Waals surface area contributed by atoms with E-state index in [-0.39, 0.29) is 11.7 Å². The molecule has 0 radical (unpaired) electrons. The molecule has 1 amide bonds. The van der Waals surface area contributed by atoms with Gasteiger partial charge < -0.3 is 19.5 Å². The third-order valence-electron chi connectivity index (χ3n) is 5.86. The van der Waals surface area contributed by atoms with Crippen molar-refractivity contribution in [2.75, 3.05) is 32.4 Å². The van der Waals surface area contributed by atoms with E-state index in [2.05, 4.69) is 11.4 Å². The van der Waals surface area contributed by atoms with Crippen LogP contribution in [-0.4, -0.2) is 38.0 Å². The largest absolute Gasteiger partial charge is 0.497 e. The van der Waals surface area contributed by atoms with E-state index >= 15 is 0 Å². The highest BCUT2D eigenvalue weighted by molar-refractivity contribution is 8.00. The maximum atomic E-state index is 12.9. The first-order valence-corrected chi connectivity index (χ1v) is 12.8. The average molecular weight is 526 g/mol. The molecular formula is C30H27N3O4S. The van der Waals surface area contributed by atoms with Crippen LogP contribution in [0.15, 0.2) is 77.8 Å². The van der Waals surface area contributed by atoms with Gasteiger partial charge in [0.25, 0.3) is 0 Å². The number of hydrogen-bond donors (Lipinski definition) is 1. The lowest BCUT2D eigenvalue weighted by atomic mass is 9.98. The Labute approximate surface area is 226 Å². The number of nitrogens with zero attached hydrogens (tertiary/aromatic N) is 2. The van der Waals surface area contributed by atoms with E-state index in [1.165, 1.54) is 18.9 Å². The SMILES string of the molecule is COc1ccc(OC)c(NC(=O)CSc2nc(-c3ccc(C)cc3)cc(-c3ccccc3OC)c2C#N)c1. The third-order valence-corrected chi connectivity index (χ3v) is 6.84. The van der Waals surface area contributed by atoms with Gasteiger partial charge in [0.2, 0.25) is 5.91 Å². The highest BCUT2D eigenvalue weighted by Crippen LogP contribution is 2.38. The van der Waals surface area contributed by atoms with E-state index in [0.717, 1.165) is 16.7 Å². The number of thioether (sulfide) groups is 1. The fraction of sp³-hybridized carbons (Fsp3) is 0.167. The molecule has 0 aliphatic carbocycles. The number of benzene rings is 3. The van der Waals surface area contributed by atoms with Crippen molar-refractivity contribution < 1.29 is 19.0 Å². The van der Waals surface area contributed by atoms with Gasteiger partial charge >= 0.3 is 0 Å². The van der Waals surface area contributed by atoms with E-state index in [9.17, 15) is 10.1 Å². The Morgan fingerprint density at radius 2 is 1.66 bits per heavy atom. The molecule has 192 valence electrons. The number of aromatic nitrogens is 1. The number of para-hydroxylation sites is 1. The number of aryl methyl sites for hydroxylation is 1.